The summed E-state index contributed by atoms with van der Waals surface area (Å²) < 4.78 is -1.10. The molecular weight excluding hydrogens is 301 g/mol. The molecule has 0 fully saturated rings. The Morgan fingerprint density at radius 1 is 0.842 bits per heavy atom. The van der Waals surface area contributed by atoms with Gasteiger partial charge in [0, 0.05) is 5.92 Å². The Hall–Kier alpha value is 0.830. The molecule has 0 amide bonds. The van der Waals surface area contributed by atoms with Gasteiger partial charge >= 0.3 is 0 Å². The molecule has 0 aliphatic heterocycles. The third kappa shape index (κ3) is 12.3. The Bertz CT molecular complexity index is 202. The van der Waals surface area contributed by atoms with Crippen molar-refractivity contribution in [2.24, 2.45) is 5.92 Å². The number of halogens is 3. The van der Waals surface area contributed by atoms with Crippen LogP contribution in [-0.4, -0.2) is 29.3 Å². The van der Waals surface area contributed by atoms with E-state index in [0.29, 0.717) is 0 Å². The van der Waals surface area contributed by atoms with E-state index >= 15 is 0 Å². The van der Waals surface area contributed by atoms with E-state index in [1.165, 1.54) is 38.5 Å². The lowest BCUT2D eigenvalue weighted by atomic mass is 9.96. The first-order valence-electron chi connectivity index (χ1n) is 7.59. The van der Waals surface area contributed by atoms with Crippen LogP contribution >= 0.6 is 34.8 Å². The van der Waals surface area contributed by atoms with Crippen LogP contribution in [0.1, 0.15) is 64.7 Å². The third-order valence-electron chi connectivity index (χ3n) is 3.53. The highest BCUT2D eigenvalue weighted by atomic mass is 35.6. The maximum Gasteiger partial charge on any atom is 0.193 e. The van der Waals surface area contributed by atoms with Crippen molar-refractivity contribution in [2.45, 2.75) is 68.5 Å². The molecule has 1 unspecified atom stereocenters. The minimum absolute atomic E-state index is 0.198. The Labute approximate surface area is 135 Å². The largest absolute Gasteiger partial charge is 0.309 e. The molecule has 4 heteroatoms. The SMILES string of the molecule is CCCCCCCCC(CCCN(C)C)C(Cl)(Cl)Cl. The zero-order chi connectivity index (χ0) is 14.7. The average Bonchev–Trinajstić information content (AvgIpc) is 2.29. The Kier molecular flexibility index (Phi) is 12.0. The quantitative estimate of drug-likeness (QED) is 0.328. The van der Waals surface area contributed by atoms with Gasteiger partial charge in [0.2, 0.25) is 0 Å². The van der Waals surface area contributed by atoms with E-state index in [1.807, 2.05) is 0 Å². The van der Waals surface area contributed by atoms with Gasteiger partial charge < -0.3 is 4.90 Å². The van der Waals surface area contributed by atoms with Crippen LogP contribution < -0.4 is 0 Å². The Morgan fingerprint density at radius 2 is 1.37 bits per heavy atom. The molecule has 0 aliphatic rings. The molecule has 0 spiro atoms. The van der Waals surface area contributed by atoms with Gasteiger partial charge in [0.25, 0.3) is 0 Å². The molecule has 1 nitrogen and oxygen atoms in total. The van der Waals surface area contributed by atoms with Gasteiger partial charge in [-0.2, -0.15) is 0 Å². The highest BCUT2D eigenvalue weighted by Gasteiger charge is 2.31. The lowest BCUT2D eigenvalue weighted by molar-refractivity contribution is 0.352. The van der Waals surface area contributed by atoms with Crippen molar-refractivity contribution < 1.29 is 0 Å². The minimum Gasteiger partial charge on any atom is -0.309 e. The standard InChI is InChI=1S/C15H30Cl3N/c1-4-5-6-7-8-9-11-14(15(16,17)18)12-10-13-19(2)3/h14H,4-13H2,1-3H3. The number of hydrogen-bond donors (Lipinski definition) is 0. The molecule has 0 N–H and O–H groups in total. The Morgan fingerprint density at radius 3 is 1.89 bits per heavy atom. The fraction of sp³-hybridized carbons (Fsp3) is 1.00. The second-order valence-corrected chi connectivity index (χ2v) is 8.11. The molecule has 0 heterocycles. The van der Waals surface area contributed by atoms with Gasteiger partial charge in [-0.05, 0) is 39.9 Å². The van der Waals surface area contributed by atoms with Crippen LogP contribution in [0.25, 0.3) is 0 Å². The van der Waals surface area contributed by atoms with Crippen LogP contribution in [0.15, 0.2) is 0 Å². The molecule has 1 atom stereocenters. The summed E-state index contributed by atoms with van der Waals surface area (Å²) in [6.45, 7) is 3.30. The molecule has 0 aromatic heterocycles. The average molecular weight is 331 g/mol. The zero-order valence-corrected chi connectivity index (χ0v) is 15.0. The summed E-state index contributed by atoms with van der Waals surface area (Å²) in [6.07, 6.45) is 10.9. The lowest BCUT2D eigenvalue weighted by Crippen LogP contribution is -2.21. The molecule has 0 radical (unpaired) electrons. The highest BCUT2D eigenvalue weighted by molar-refractivity contribution is 6.67. The van der Waals surface area contributed by atoms with Crippen molar-refractivity contribution in [3.8, 4) is 0 Å². The van der Waals surface area contributed by atoms with Gasteiger partial charge in [-0.1, -0.05) is 80.3 Å². The summed E-state index contributed by atoms with van der Waals surface area (Å²) in [4.78, 5) is 2.18. The molecule has 0 bridgehead atoms. The normalized spacial score (nSPS) is 14.1. The zero-order valence-electron chi connectivity index (χ0n) is 12.7. The summed E-state index contributed by atoms with van der Waals surface area (Å²) in [5.74, 6) is 0.198. The van der Waals surface area contributed by atoms with Crippen molar-refractivity contribution >= 4 is 34.8 Å². The van der Waals surface area contributed by atoms with E-state index in [2.05, 4.69) is 25.9 Å². The first-order chi connectivity index (χ1) is 8.88. The second-order valence-electron chi connectivity index (χ2n) is 5.74. The Balaban J connectivity index is 3.82. The van der Waals surface area contributed by atoms with Crippen molar-refractivity contribution in [3.05, 3.63) is 0 Å². The van der Waals surface area contributed by atoms with Crippen molar-refractivity contribution in [1.29, 1.82) is 0 Å². The molecule has 19 heavy (non-hydrogen) atoms. The monoisotopic (exact) mass is 329 g/mol. The number of rotatable bonds is 11. The van der Waals surface area contributed by atoms with E-state index in [1.54, 1.807) is 0 Å². The van der Waals surface area contributed by atoms with Crippen molar-refractivity contribution in [2.75, 3.05) is 20.6 Å². The molecule has 0 aromatic carbocycles. The molecule has 0 rings (SSSR count). The fourth-order valence-corrected chi connectivity index (χ4v) is 2.95. The highest BCUT2D eigenvalue weighted by Crippen LogP contribution is 2.40. The van der Waals surface area contributed by atoms with Crippen LogP contribution in [0, 0.1) is 5.92 Å². The fourth-order valence-electron chi connectivity index (χ4n) is 2.30. The van der Waals surface area contributed by atoms with Crippen LogP contribution in [-0.2, 0) is 0 Å². The van der Waals surface area contributed by atoms with Gasteiger partial charge in [-0.15, -0.1) is 0 Å². The molecule has 116 valence electrons. The number of unbranched alkanes of at least 4 members (excludes halogenated alkanes) is 5. The number of nitrogens with zero attached hydrogens (tertiary/aromatic N) is 1. The topological polar surface area (TPSA) is 3.24 Å². The van der Waals surface area contributed by atoms with Gasteiger partial charge in [0.05, 0.1) is 0 Å². The smallest absolute Gasteiger partial charge is 0.193 e. The second kappa shape index (κ2) is 11.5. The lowest BCUT2D eigenvalue weighted by Gasteiger charge is -2.25. The summed E-state index contributed by atoms with van der Waals surface area (Å²) in [6, 6.07) is 0. The maximum absolute atomic E-state index is 6.09. The maximum atomic E-state index is 6.09. The van der Waals surface area contributed by atoms with Gasteiger partial charge in [-0.25, -0.2) is 0 Å². The first kappa shape index (κ1) is 19.8. The van der Waals surface area contributed by atoms with Crippen LogP contribution in [0.3, 0.4) is 0 Å². The summed E-state index contributed by atoms with van der Waals surface area (Å²) in [5, 5.41) is 0. The van der Waals surface area contributed by atoms with E-state index in [4.69, 9.17) is 34.8 Å². The van der Waals surface area contributed by atoms with E-state index in [9.17, 15) is 0 Å². The molecule has 0 aromatic rings. The van der Waals surface area contributed by atoms with Crippen molar-refractivity contribution in [3.63, 3.8) is 0 Å². The number of alkyl halides is 3. The molecule has 0 aliphatic carbocycles. The first-order valence-corrected chi connectivity index (χ1v) is 8.72. The summed E-state index contributed by atoms with van der Waals surface area (Å²) >= 11 is 18.3. The van der Waals surface area contributed by atoms with E-state index in [0.717, 1.165) is 25.8 Å². The molecular formula is C15H30Cl3N. The van der Waals surface area contributed by atoms with Crippen LogP contribution in [0.5, 0.6) is 0 Å². The number of hydrogen-bond acceptors (Lipinski definition) is 1. The summed E-state index contributed by atoms with van der Waals surface area (Å²) in [7, 11) is 4.16. The van der Waals surface area contributed by atoms with Gasteiger partial charge in [0.15, 0.2) is 3.79 Å². The predicted octanol–water partition coefficient (Wildman–Crippen LogP) is 6.07. The molecule has 0 saturated carbocycles. The van der Waals surface area contributed by atoms with Gasteiger partial charge in [-0.3, -0.25) is 0 Å². The van der Waals surface area contributed by atoms with E-state index < -0.39 is 3.79 Å². The van der Waals surface area contributed by atoms with Crippen LogP contribution in [0.2, 0.25) is 0 Å². The van der Waals surface area contributed by atoms with E-state index in [-0.39, 0.29) is 5.92 Å². The molecule has 0 saturated heterocycles. The van der Waals surface area contributed by atoms with Crippen molar-refractivity contribution in [1.82, 2.24) is 4.90 Å². The third-order valence-corrected chi connectivity index (χ3v) is 4.45. The predicted molar refractivity (Wildman–Crippen MR) is 89.6 cm³/mol. The van der Waals surface area contributed by atoms with Crippen LogP contribution in [0.4, 0.5) is 0 Å². The van der Waals surface area contributed by atoms with Gasteiger partial charge in [0.1, 0.15) is 0 Å². The summed E-state index contributed by atoms with van der Waals surface area (Å²) in [5.41, 5.74) is 0. The minimum atomic E-state index is -1.10.